The van der Waals surface area contributed by atoms with Crippen molar-refractivity contribution in [3.05, 3.63) is 33.9 Å². The van der Waals surface area contributed by atoms with Crippen LogP contribution in [0.2, 0.25) is 0 Å². The molecule has 0 aliphatic carbocycles. The fraction of sp³-hybridized carbons (Fsp3) is 0.600. The van der Waals surface area contributed by atoms with Crippen molar-refractivity contribution >= 4 is 0 Å². The van der Waals surface area contributed by atoms with E-state index in [0.717, 1.165) is 12.8 Å². The topological polar surface area (TPSA) is 46.2 Å². The Hall–Kier alpha value is -0.860. The molecule has 0 saturated carbocycles. The lowest BCUT2D eigenvalue weighted by molar-refractivity contribution is 0.141. The summed E-state index contributed by atoms with van der Waals surface area (Å²) in [5.74, 6) is 0. The van der Waals surface area contributed by atoms with Crippen LogP contribution in [0, 0.1) is 27.7 Å². The fourth-order valence-electron chi connectivity index (χ4n) is 2.23. The summed E-state index contributed by atoms with van der Waals surface area (Å²) in [6.45, 7) is 10.5. The Kier molecular flexibility index (Phi) is 4.72. The van der Waals surface area contributed by atoms with Gasteiger partial charge in [-0.15, -0.1) is 0 Å². The molecule has 0 aromatic heterocycles. The van der Waals surface area contributed by atoms with Crippen LogP contribution in [-0.2, 0) is 6.42 Å². The zero-order chi connectivity index (χ0) is 13.2. The third-order valence-electron chi connectivity index (χ3n) is 3.82. The molecule has 2 atom stereocenters. The van der Waals surface area contributed by atoms with Crippen molar-refractivity contribution in [3.63, 3.8) is 0 Å². The minimum Gasteiger partial charge on any atom is -0.392 e. The van der Waals surface area contributed by atoms with Gasteiger partial charge in [0.15, 0.2) is 0 Å². The van der Waals surface area contributed by atoms with E-state index in [9.17, 15) is 5.11 Å². The van der Waals surface area contributed by atoms with Crippen molar-refractivity contribution in [1.82, 2.24) is 0 Å². The zero-order valence-corrected chi connectivity index (χ0v) is 11.7. The number of nitrogens with two attached hydrogens (primary N) is 1. The van der Waals surface area contributed by atoms with E-state index < -0.39 is 6.10 Å². The molecule has 0 aliphatic rings. The lowest BCUT2D eigenvalue weighted by Crippen LogP contribution is -2.31. The van der Waals surface area contributed by atoms with Crippen molar-refractivity contribution in [2.24, 2.45) is 5.73 Å². The van der Waals surface area contributed by atoms with Gasteiger partial charge in [0.2, 0.25) is 0 Å². The molecule has 96 valence electrons. The predicted molar refractivity (Wildman–Crippen MR) is 73.4 cm³/mol. The molecular weight excluding hydrogens is 210 g/mol. The first-order valence-corrected chi connectivity index (χ1v) is 6.34. The Morgan fingerprint density at radius 2 is 1.59 bits per heavy atom. The standard InChI is InChI=1S/C15H25NO/c1-9-8-10(2)12(4)14(11(9)3)6-7-15(17)13(5)16/h8,13,15,17H,6-7,16H2,1-5H3. The highest BCUT2D eigenvalue weighted by atomic mass is 16.3. The lowest BCUT2D eigenvalue weighted by Gasteiger charge is -2.18. The van der Waals surface area contributed by atoms with Crippen LogP contribution in [0.15, 0.2) is 6.07 Å². The van der Waals surface area contributed by atoms with E-state index in [4.69, 9.17) is 5.73 Å². The van der Waals surface area contributed by atoms with Crippen LogP contribution in [0.5, 0.6) is 0 Å². The second-order valence-electron chi connectivity index (χ2n) is 5.20. The summed E-state index contributed by atoms with van der Waals surface area (Å²) in [4.78, 5) is 0. The number of aryl methyl sites for hydroxylation is 2. The van der Waals surface area contributed by atoms with Gasteiger partial charge < -0.3 is 10.8 Å². The van der Waals surface area contributed by atoms with Crippen LogP contribution in [0.1, 0.15) is 41.2 Å². The Labute approximate surface area is 105 Å². The third-order valence-corrected chi connectivity index (χ3v) is 3.82. The van der Waals surface area contributed by atoms with E-state index in [1.54, 1.807) is 0 Å². The summed E-state index contributed by atoms with van der Waals surface area (Å²) >= 11 is 0. The maximum atomic E-state index is 9.78. The van der Waals surface area contributed by atoms with Crippen LogP contribution in [-0.4, -0.2) is 17.3 Å². The minimum absolute atomic E-state index is 0.151. The quantitative estimate of drug-likeness (QED) is 0.842. The van der Waals surface area contributed by atoms with E-state index in [2.05, 4.69) is 33.8 Å². The van der Waals surface area contributed by atoms with E-state index >= 15 is 0 Å². The largest absolute Gasteiger partial charge is 0.392 e. The molecule has 0 bridgehead atoms. The average molecular weight is 235 g/mol. The molecule has 3 N–H and O–H groups in total. The summed E-state index contributed by atoms with van der Waals surface area (Å²) in [6, 6.07) is 2.08. The van der Waals surface area contributed by atoms with Crippen molar-refractivity contribution in [1.29, 1.82) is 0 Å². The first kappa shape index (κ1) is 14.2. The Bertz CT molecular complexity index is 370. The van der Waals surface area contributed by atoms with Crippen LogP contribution in [0.4, 0.5) is 0 Å². The highest BCUT2D eigenvalue weighted by Gasteiger charge is 2.13. The van der Waals surface area contributed by atoms with E-state index in [1.165, 1.54) is 27.8 Å². The summed E-state index contributed by atoms with van der Waals surface area (Å²) in [7, 11) is 0. The SMILES string of the molecule is Cc1cc(C)c(C)c(CCC(O)C(C)N)c1C. The van der Waals surface area contributed by atoms with Gasteiger partial charge >= 0.3 is 0 Å². The second-order valence-corrected chi connectivity index (χ2v) is 5.20. The summed E-state index contributed by atoms with van der Waals surface area (Å²) in [5, 5.41) is 9.78. The van der Waals surface area contributed by atoms with Crippen molar-refractivity contribution in [2.75, 3.05) is 0 Å². The summed E-state index contributed by atoms with van der Waals surface area (Å²) < 4.78 is 0. The van der Waals surface area contributed by atoms with Gasteiger partial charge in [0.1, 0.15) is 0 Å². The monoisotopic (exact) mass is 235 g/mol. The Morgan fingerprint density at radius 1 is 1.12 bits per heavy atom. The molecule has 1 aromatic rings. The van der Waals surface area contributed by atoms with Crippen molar-refractivity contribution in [2.45, 2.75) is 59.6 Å². The minimum atomic E-state index is -0.408. The van der Waals surface area contributed by atoms with Crippen LogP contribution in [0.25, 0.3) is 0 Å². The Morgan fingerprint density at radius 3 is 2.00 bits per heavy atom. The predicted octanol–water partition coefficient (Wildman–Crippen LogP) is 2.56. The number of hydrogen-bond donors (Lipinski definition) is 2. The first-order chi connectivity index (χ1) is 7.84. The molecule has 2 heteroatoms. The maximum absolute atomic E-state index is 9.78. The van der Waals surface area contributed by atoms with Crippen molar-refractivity contribution < 1.29 is 5.11 Å². The van der Waals surface area contributed by atoms with Gasteiger partial charge in [0.25, 0.3) is 0 Å². The molecule has 0 spiro atoms. The molecule has 0 amide bonds. The number of hydrogen-bond acceptors (Lipinski definition) is 2. The normalized spacial score (nSPS) is 14.8. The van der Waals surface area contributed by atoms with E-state index in [-0.39, 0.29) is 6.04 Å². The zero-order valence-electron chi connectivity index (χ0n) is 11.7. The van der Waals surface area contributed by atoms with Gasteiger partial charge in [-0.3, -0.25) is 0 Å². The number of rotatable bonds is 4. The van der Waals surface area contributed by atoms with E-state index in [0.29, 0.717) is 0 Å². The van der Waals surface area contributed by atoms with Crippen LogP contribution >= 0.6 is 0 Å². The van der Waals surface area contributed by atoms with E-state index in [1.807, 2.05) is 6.92 Å². The molecule has 1 rings (SSSR count). The van der Waals surface area contributed by atoms with Gasteiger partial charge in [-0.1, -0.05) is 6.07 Å². The fourth-order valence-corrected chi connectivity index (χ4v) is 2.23. The molecular formula is C15H25NO. The number of benzene rings is 1. The smallest absolute Gasteiger partial charge is 0.0691 e. The van der Waals surface area contributed by atoms with Crippen LogP contribution in [0.3, 0.4) is 0 Å². The van der Waals surface area contributed by atoms with Gasteiger partial charge in [0.05, 0.1) is 6.10 Å². The summed E-state index contributed by atoms with van der Waals surface area (Å²) in [5.41, 5.74) is 12.4. The van der Waals surface area contributed by atoms with Gasteiger partial charge in [-0.2, -0.15) is 0 Å². The molecule has 1 aromatic carbocycles. The highest BCUT2D eigenvalue weighted by molar-refractivity contribution is 5.44. The molecule has 2 unspecified atom stereocenters. The Balaban J connectivity index is 2.91. The molecule has 0 radical (unpaired) electrons. The average Bonchev–Trinajstić information content (AvgIpc) is 2.26. The van der Waals surface area contributed by atoms with Gasteiger partial charge in [-0.05, 0) is 75.3 Å². The first-order valence-electron chi connectivity index (χ1n) is 6.34. The van der Waals surface area contributed by atoms with Crippen molar-refractivity contribution in [3.8, 4) is 0 Å². The van der Waals surface area contributed by atoms with Gasteiger partial charge in [-0.25, -0.2) is 0 Å². The summed E-state index contributed by atoms with van der Waals surface area (Å²) in [6.07, 6.45) is 1.24. The third kappa shape index (κ3) is 3.30. The highest BCUT2D eigenvalue weighted by Crippen LogP contribution is 2.23. The van der Waals surface area contributed by atoms with Crippen LogP contribution < -0.4 is 5.73 Å². The molecule has 0 aliphatic heterocycles. The molecule has 17 heavy (non-hydrogen) atoms. The number of aliphatic hydroxyl groups is 1. The molecule has 0 saturated heterocycles. The molecule has 0 heterocycles. The number of aliphatic hydroxyl groups excluding tert-OH is 1. The van der Waals surface area contributed by atoms with Gasteiger partial charge in [0, 0.05) is 6.04 Å². The molecule has 2 nitrogen and oxygen atoms in total. The maximum Gasteiger partial charge on any atom is 0.0691 e. The molecule has 0 fully saturated rings. The second kappa shape index (κ2) is 5.65. The lowest BCUT2D eigenvalue weighted by atomic mass is 9.90.